The van der Waals surface area contributed by atoms with Gasteiger partial charge in [0, 0.05) is 6.07 Å². The molecule has 0 atom stereocenters. The Morgan fingerprint density at radius 1 is 1.20 bits per heavy atom. The molecular formula is C19H22N2O4. The van der Waals surface area contributed by atoms with E-state index in [1.54, 1.807) is 25.1 Å². The third-order valence-corrected chi connectivity index (χ3v) is 4.45. The van der Waals surface area contributed by atoms with Crippen molar-refractivity contribution in [3.8, 4) is 0 Å². The molecule has 1 N–H and O–H groups in total. The number of anilines is 1. The molecule has 1 heterocycles. The average Bonchev–Trinajstić information content (AvgIpc) is 3.05. The fourth-order valence-corrected chi connectivity index (χ4v) is 3.15. The minimum Gasteiger partial charge on any atom is -0.452 e. The number of amides is 1. The lowest BCUT2D eigenvalue weighted by molar-refractivity contribution is -0.119. The van der Waals surface area contributed by atoms with Gasteiger partial charge in [0.1, 0.15) is 5.76 Å². The van der Waals surface area contributed by atoms with E-state index in [1.165, 1.54) is 37.7 Å². The summed E-state index contributed by atoms with van der Waals surface area (Å²) in [6.07, 6.45) is 6.29. The van der Waals surface area contributed by atoms with Crippen molar-refractivity contribution in [3.63, 3.8) is 0 Å². The summed E-state index contributed by atoms with van der Waals surface area (Å²) < 4.78 is 9.89. The highest BCUT2D eigenvalue weighted by Crippen LogP contribution is 2.32. The maximum Gasteiger partial charge on any atom is 0.338 e. The number of aryl methyl sites for hydroxylation is 1. The van der Waals surface area contributed by atoms with Crippen LogP contribution in [-0.4, -0.2) is 23.6 Å². The molecule has 1 aliphatic carbocycles. The minimum atomic E-state index is -0.512. The Balaban J connectivity index is 1.49. The quantitative estimate of drug-likeness (QED) is 0.835. The molecule has 0 bridgehead atoms. The van der Waals surface area contributed by atoms with E-state index in [0.717, 1.165) is 0 Å². The fraction of sp³-hybridized carbons (Fsp3) is 0.421. The highest BCUT2D eigenvalue weighted by Gasteiger charge is 2.16. The van der Waals surface area contributed by atoms with Gasteiger partial charge in [-0.15, -0.1) is 0 Å². The molecule has 1 fully saturated rings. The number of hydrogen-bond acceptors (Lipinski definition) is 5. The standard InChI is InChI=1S/C19H22N2O4/c1-13-11-17(21-25-13)20-18(22)12-24-19(23)16-9-7-15(8-10-16)14-5-3-2-4-6-14/h7-11,14H,2-6,12H2,1H3,(H,20,21,22). The second-order valence-corrected chi connectivity index (χ2v) is 6.40. The lowest BCUT2D eigenvalue weighted by Crippen LogP contribution is -2.21. The van der Waals surface area contributed by atoms with E-state index < -0.39 is 11.9 Å². The van der Waals surface area contributed by atoms with Crippen molar-refractivity contribution >= 4 is 17.7 Å². The Morgan fingerprint density at radius 2 is 1.92 bits per heavy atom. The lowest BCUT2D eigenvalue weighted by Gasteiger charge is -2.21. The third-order valence-electron chi connectivity index (χ3n) is 4.45. The molecule has 25 heavy (non-hydrogen) atoms. The third kappa shape index (κ3) is 4.68. The molecular weight excluding hydrogens is 320 g/mol. The van der Waals surface area contributed by atoms with Crippen LogP contribution in [0.15, 0.2) is 34.9 Å². The lowest BCUT2D eigenvalue weighted by atomic mass is 9.84. The van der Waals surface area contributed by atoms with Crippen LogP contribution in [0.25, 0.3) is 0 Å². The Labute approximate surface area is 146 Å². The zero-order chi connectivity index (χ0) is 17.6. The van der Waals surface area contributed by atoms with Crippen LogP contribution in [-0.2, 0) is 9.53 Å². The van der Waals surface area contributed by atoms with Crippen LogP contribution in [0.5, 0.6) is 0 Å². The van der Waals surface area contributed by atoms with Crippen molar-refractivity contribution in [1.82, 2.24) is 5.16 Å². The Morgan fingerprint density at radius 3 is 2.56 bits per heavy atom. The normalized spacial score (nSPS) is 14.9. The first-order chi connectivity index (χ1) is 12.1. The number of rotatable bonds is 5. The highest BCUT2D eigenvalue weighted by molar-refractivity contribution is 5.95. The van der Waals surface area contributed by atoms with Crippen molar-refractivity contribution in [3.05, 3.63) is 47.2 Å². The first-order valence-corrected chi connectivity index (χ1v) is 8.62. The molecule has 6 heteroatoms. The van der Waals surface area contributed by atoms with Crippen molar-refractivity contribution in [2.24, 2.45) is 0 Å². The van der Waals surface area contributed by atoms with Crippen molar-refractivity contribution in [2.75, 3.05) is 11.9 Å². The smallest absolute Gasteiger partial charge is 0.338 e. The summed E-state index contributed by atoms with van der Waals surface area (Å²) in [5.41, 5.74) is 1.72. The van der Waals surface area contributed by atoms with Crippen LogP contribution in [0.3, 0.4) is 0 Å². The van der Waals surface area contributed by atoms with Crippen LogP contribution in [0.4, 0.5) is 5.82 Å². The number of carbonyl (C=O) groups is 2. The maximum absolute atomic E-state index is 12.1. The minimum absolute atomic E-state index is 0.301. The monoisotopic (exact) mass is 342 g/mol. The summed E-state index contributed by atoms with van der Waals surface area (Å²) in [6.45, 7) is 1.36. The molecule has 0 unspecified atom stereocenters. The number of hydrogen-bond donors (Lipinski definition) is 1. The van der Waals surface area contributed by atoms with Gasteiger partial charge in [0.15, 0.2) is 12.4 Å². The van der Waals surface area contributed by atoms with E-state index >= 15 is 0 Å². The number of carbonyl (C=O) groups excluding carboxylic acids is 2. The van der Waals surface area contributed by atoms with Gasteiger partial charge in [-0.25, -0.2) is 4.79 Å². The molecule has 1 saturated carbocycles. The van der Waals surface area contributed by atoms with Crippen molar-refractivity contribution < 1.29 is 18.8 Å². The zero-order valence-electron chi connectivity index (χ0n) is 14.3. The van der Waals surface area contributed by atoms with Crippen LogP contribution >= 0.6 is 0 Å². The maximum atomic E-state index is 12.1. The van der Waals surface area contributed by atoms with E-state index in [1.807, 2.05) is 12.1 Å². The van der Waals surface area contributed by atoms with Crippen molar-refractivity contribution in [2.45, 2.75) is 44.9 Å². The van der Waals surface area contributed by atoms with Gasteiger partial charge < -0.3 is 14.6 Å². The average molecular weight is 342 g/mol. The van der Waals surface area contributed by atoms with Gasteiger partial charge >= 0.3 is 5.97 Å². The summed E-state index contributed by atoms with van der Waals surface area (Å²) in [7, 11) is 0. The van der Waals surface area contributed by atoms with E-state index in [-0.39, 0.29) is 6.61 Å². The Hall–Kier alpha value is -2.63. The fourth-order valence-electron chi connectivity index (χ4n) is 3.15. The SMILES string of the molecule is Cc1cc(NC(=O)COC(=O)c2ccc(C3CCCCC3)cc2)no1. The summed E-state index contributed by atoms with van der Waals surface area (Å²) in [5.74, 6) is 0.512. The summed E-state index contributed by atoms with van der Waals surface area (Å²) in [4.78, 5) is 23.8. The molecule has 132 valence electrons. The van der Waals surface area contributed by atoms with Crippen LogP contribution in [0, 0.1) is 6.92 Å². The van der Waals surface area contributed by atoms with Gasteiger partial charge in [-0.05, 0) is 43.4 Å². The van der Waals surface area contributed by atoms with E-state index in [0.29, 0.717) is 23.1 Å². The van der Waals surface area contributed by atoms with Crippen LogP contribution < -0.4 is 5.32 Å². The number of nitrogens with one attached hydrogen (secondary N) is 1. The Kier molecular flexibility index (Phi) is 5.48. The van der Waals surface area contributed by atoms with E-state index in [4.69, 9.17) is 9.26 Å². The number of esters is 1. The van der Waals surface area contributed by atoms with E-state index in [2.05, 4.69) is 10.5 Å². The van der Waals surface area contributed by atoms with Crippen LogP contribution in [0.1, 0.15) is 59.7 Å². The Bertz CT molecular complexity index is 730. The van der Waals surface area contributed by atoms with Gasteiger partial charge in [0.25, 0.3) is 5.91 Å². The molecule has 2 aromatic rings. The van der Waals surface area contributed by atoms with Gasteiger partial charge in [-0.2, -0.15) is 0 Å². The summed E-state index contributed by atoms with van der Waals surface area (Å²) in [5, 5.41) is 6.15. The predicted molar refractivity (Wildman–Crippen MR) is 92.4 cm³/mol. The summed E-state index contributed by atoms with van der Waals surface area (Å²) >= 11 is 0. The second kappa shape index (κ2) is 7.96. The number of benzene rings is 1. The molecule has 0 spiro atoms. The van der Waals surface area contributed by atoms with Gasteiger partial charge in [-0.1, -0.05) is 36.6 Å². The van der Waals surface area contributed by atoms with Crippen LogP contribution in [0.2, 0.25) is 0 Å². The molecule has 0 aliphatic heterocycles. The largest absolute Gasteiger partial charge is 0.452 e. The molecule has 1 amide bonds. The summed E-state index contributed by atoms with van der Waals surface area (Å²) in [6, 6.07) is 9.11. The van der Waals surface area contributed by atoms with Gasteiger partial charge in [0.2, 0.25) is 0 Å². The number of aromatic nitrogens is 1. The number of nitrogens with zero attached hydrogens (tertiary/aromatic N) is 1. The van der Waals surface area contributed by atoms with E-state index in [9.17, 15) is 9.59 Å². The van der Waals surface area contributed by atoms with Crippen molar-refractivity contribution in [1.29, 1.82) is 0 Å². The molecule has 1 aliphatic rings. The van der Waals surface area contributed by atoms with Gasteiger partial charge in [-0.3, -0.25) is 4.79 Å². The first kappa shape index (κ1) is 17.2. The molecule has 1 aromatic heterocycles. The highest BCUT2D eigenvalue weighted by atomic mass is 16.5. The zero-order valence-corrected chi connectivity index (χ0v) is 14.3. The first-order valence-electron chi connectivity index (χ1n) is 8.62. The molecule has 0 saturated heterocycles. The molecule has 3 rings (SSSR count). The predicted octanol–water partition coefficient (Wildman–Crippen LogP) is 3.83. The molecule has 0 radical (unpaired) electrons. The topological polar surface area (TPSA) is 81.4 Å². The number of ether oxygens (including phenoxy) is 1. The van der Waals surface area contributed by atoms with Gasteiger partial charge in [0.05, 0.1) is 5.56 Å². The molecule has 1 aromatic carbocycles. The molecule has 6 nitrogen and oxygen atoms in total. The second-order valence-electron chi connectivity index (χ2n) is 6.40.